The fourth-order valence-electron chi connectivity index (χ4n) is 6.50. The Morgan fingerprint density at radius 3 is 2.30 bits per heavy atom. The normalized spacial score (nSPS) is 11.9. The Morgan fingerprint density at radius 1 is 0.780 bits per heavy atom. The molecule has 0 amide bonds. The monoisotopic (exact) mass is 664 g/mol. The molecule has 50 heavy (non-hydrogen) atoms. The van der Waals surface area contributed by atoms with Crippen molar-refractivity contribution < 1.29 is 14.2 Å². The van der Waals surface area contributed by atoms with Crippen molar-refractivity contribution in [1.29, 1.82) is 0 Å². The molecule has 7 rings (SSSR count). The summed E-state index contributed by atoms with van der Waals surface area (Å²) in [5.41, 5.74) is 8.20. The standard InChI is InChI=1S/C43H44N4O3/c1-8-48-27-49-42-40(30-14-10-9-11-15-30)41(28(2)3)45-47(42)32-22-29(4)23-34(25-32)50-33-18-19-36-35-16-12-13-17-37(35)46(38(36)26-33)39-24-31(20-21-44-39)43(5,6)7/h9-26,28H,8,27H2,1-7H3. The summed E-state index contributed by atoms with van der Waals surface area (Å²) >= 11 is 0. The van der Waals surface area contributed by atoms with Gasteiger partial charge in [-0.3, -0.25) is 4.57 Å². The van der Waals surface area contributed by atoms with Gasteiger partial charge in [0.2, 0.25) is 5.88 Å². The lowest BCUT2D eigenvalue weighted by molar-refractivity contribution is 0.0185. The molecule has 7 nitrogen and oxygen atoms in total. The maximum atomic E-state index is 6.66. The molecule has 0 radical (unpaired) electrons. The number of hydrogen-bond donors (Lipinski definition) is 0. The van der Waals surface area contributed by atoms with Crippen molar-refractivity contribution >= 4 is 21.8 Å². The lowest BCUT2D eigenvalue weighted by atomic mass is 9.88. The van der Waals surface area contributed by atoms with Gasteiger partial charge in [-0.1, -0.05) is 83.1 Å². The average Bonchev–Trinajstić information content (AvgIpc) is 3.64. The van der Waals surface area contributed by atoms with E-state index in [1.807, 2.05) is 54.2 Å². The number of fused-ring (bicyclic) bond motifs is 3. The number of benzene rings is 4. The van der Waals surface area contributed by atoms with E-state index >= 15 is 0 Å². The van der Waals surface area contributed by atoms with Gasteiger partial charge in [0.25, 0.3) is 0 Å². The Hall–Kier alpha value is -5.40. The van der Waals surface area contributed by atoms with Gasteiger partial charge in [0.1, 0.15) is 17.3 Å². The smallest absolute Gasteiger partial charge is 0.227 e. The first kappa shape index (κ1) is 33.1. The number of pyridine rings is 1. The fraction of sp³-hybridized carbons (Fsp3) is 0.256. The number of hydrogen-bond acceptors (Lipinski definition) is 5. The molecule has 254 valence electrons. The van der Waals surface area contributed by atoms with E-state index in [0.717, 1.165) is 56.1 Å². The molecule has 0 saturated heterocycles. The van der Waals surface area contributed by atoms with E-state index in [-0.39, 0.29) is 18.1 Å². The Labute approximate surface area is 294 Å². The number of aromatic nitrogens is 4. The van der Waals surface area contributed by atoms with Crippen LogP contribution in [0.2, 0.25) is 0 Å². The van der Waals surface area contributed by atoms with Crippen molar-refractivity contribution in [1.82, 2.24) is 19.3 Å². The maximum Gasteiger partial charge on any atom is 0.227 e. The zero-order valence-corrected chi connectivity index (χ0v) is 29.9. The number of ether oxygens (including phenoxy) is 3. The molecule has 0 atom stereocenters. The second kappa shape index (κ2) is 13.5. The maximum absolute atomic E-state index is 6.66. The van der Waals surface area contributed by atoms with Crippen molar-refractivity contribution in [2.75, 3.05) is 13.4 Å². The summed E-state index contributed by atoms with van der Waals surface area (Å²) in [5, 5.41) is 7.44. The average molecular weight is 665 g/mol. The van der Waals surface area contributed by atoms with Crippen molar-refractivity contribution in [2.24, 2.45) is 0 Å². The van der Waals surface area contributed by atoms with Crippen LogP contribution < -0.4 is 9.47 Å². The third kappa shape index (κ3) is 6.37. The van der Waals surface area contributed by atoms with E-state index in [1.165, 1.54) is 10.9 Å². The molecular formula is C43H44N4O3. The molecule has 0 N–H and O–H groups in total. The highest BCUT2D eigenvalue weighted by Gasteiger charge is 2.25. The molecule has 0 fully saturated rings. The van der Waals surface area contributed by atoms with Crippen LogP contribution in [-0.2, 0) is 10.2 Å². The van der Waals surface area contributed by atoms with E-state index in [4.69, 9.17) is 24.3 Å². The van der Waals surface area contributed by atoms with Gasteiger partial charge in [0, 0.05) is 35.7 Å². The quantitative estimate of drug-likeness (QED) is 0.108. The summed E-state index contributed by atoms with van der Waals surface area (Å²) in [4.78, 5) is 4.84. The van der Waals surface area contributed by atoms with Crippen LogP contribution >= 0.6 is 0 Å². The minimum Gasteiger partial charge on any atom is -0.457 e. The van der Waals surface area contributed by atoms with Crippen molar-refractivity contribution in [2.45, 2.75) is 59.8 Å². The van der Waals surface area contributed by atoms with Gasteiger partial charge in [0.05, 0.1) is 28.0 Å². The van der Waals surface area contributed by atoms with Crippen molar-refractivity contribution in [3.63, 3.8) is 0 Å². The van der Waals surface area contributed by atoms with Gasteiger partial charge >= 0.3 is 0 Å². The lowest BCUT2D eigenvalue weighted by Crippen LogP contribution is -2.12. The Morgan fingerprint density at radius 2 is 1.54 bits per heavy atom. The molecule has 0 aliphatic carbocycles. The lowest BCUT2D eigenvalue weighted by Gasteiger charge is -2.20. The Bertz CT molecular complexity index is 2290. The largest absolute Gasteiger partial charge is 0.457 e. The van der Waals surface area contributed by atoms with Crippen LogP contribution in [0.15, 0.2) is 109 Å². The van der Waals surface area contributed by atoms with E-state index < -0.39 is 0 Å². The molecule has 0 spiro atoms. The molecule has 0 unspecified atom stereocenters. The van der Waals surface area contributed by atoms with Crippen LogP contribution in [0, 0.1) is 6.92 Å². The van der Waals surface area contributed by atoms with Gasteiger partial charge in [-0.05, 0) is 84.3 Å². The second-order valence-corrected chi connectivity index (χ2v) is 14.0. The number of nitrogens with zero attached hydrogens (tertiary/aromatic N) is 4. The summed E-state index contributed by atoms with van der Waals surface area (Å²) in [7, 11) is 0. The number of rotatable bonds is 10. The fourth-order valence-corrected chi connectivity index (χ4v) is 6.50. The molecular weight excluding hydrogens is 620 g/mol. The first-order chi connectivity index (χ1) is 24.1. The molecule has 7 heteroatoms. The predicted octanol–water partition coefficient (Wildman–Crippen LogP) is 10.9. The highest BCUT2D eigenvalue weighted by Crippen LogP contribution is 2.40. The third-order valence-electron chi connectivity index (χ3n) is 8.96. The molecule has 7 aromatic rings. The van der Waals surface area contributed by atoms with Gasteiger partial charge in [0.15, 0.2) is 6.79 Å². The van der Waals surface area contributed by atoms with Crippen LogP contribution in [0.5, 0.6) is 17.4 Å². The summed E-state index contributed by atoms with van der Waals surface area (Å²) in [6.45, 7) is 15.7. The third-order valence-corrected chi connectivity index (χ3v) is 8.96. The Balaban J connectivity index is 1.33. The van der Waals surface area contributed by atoms with Crippen molar-refractivity contribution in [3.05, 3.63) is 126 Å². The topological polar surface area (TPSA) is 63.3 Å². The van der Waals surface area contributed by atoms with Crippen LogP contribution in [0.25, 0.3) is 44.4 Å². The van der Waals surface area contributed by atoms with Gasteiger partial charge in [-0.2, -0.15) is 5.10 Å². The van der Waals surface area contributed by atoms with E-state index in [9.17, 15) is 0 Å². The molecule has 3 heterocycles. The molecule has 0 bridgehead atoms. The SMILES string of the molecule is CCOCOc1c(-c2ccccc2)c(C(C)C)nn1-c1cc(C)cc(Oc2ccc3c4ccccc4n(-c4cc(C(C)(C)C)ccn4)c3c2)c1. The summed E-state index contributed by atoms with van der Waals surface area (Å²) in [6.07, 6.45) is 1.90. The van der Waals surface area contributed by atoms with Crippen LogP contribution in [0.4, 0.5) is 0 Å². The van der Waals surface area contributed by atoms with E-state index in [0.29, 0.717) is 18.2 Å². The first-order valence-electron chi connectivity index (χ1n) is 17.3. The van der Waals surface area contributed by atoms with E-state index in [1.54, 1.807) is 0 Å². The number of aryl methyl sites for hydroxylation is 1. The van der Waals surface area contributed by atoms with Crippen LogP contribution in [-0.4, -0.2) is 32.7 Å². The minimum atomic E-state index is -0.00605. The van der Waals surface area contributed by atoms with E-state index in [2.05, 4.69) is 113 Å². The Kier molecular flexibility index (Phi) is 8.93. The van der Waals surface area contributed by atoms with Gasteiger partial charge in [-0.25, -0.2) is 9.67 Å². The highest BCUT2D eigenvalue weighted by molar-refractivity contribution is 6.09. The molecule has 0 aliphatic rings. The van der Waals surface area contributed by atoms with Gasteiger partial charge in [-0.15, -0.1) is 0 Å². The molecule has 0 aliphatic heterocycles. The van der Waals surface area contributed by atoms with Crippen LogP contribution in [0.1, 0.15) is 64.3 Å². The molecule has 0 saturated carbocycles. The first-order valence-corrected chi connectivity index (χ1v) is 17.3. The molecule has 3 aromatic heterocycles. The number of para-hydroxylation sites is 1. The predicted molar refractivity (Wildman–Crippen MR) is 202 cm³/mol. The molecule has 4 aromatic carbocycles. The minimum absolute atomic E-state index is 0.00605. The summed E-state index contributed by atoms with van der Waals surface area (Å²) < 4.78 is 22.8. The van der Waals surface area contributed by atoms with Gasteiger partial charge < -0.3 is 14.2 Å². The van der Waals surface area contributed by atoms with Crippen LogP contribution in [0.3, 0.4) is 0 Å². The zero-order valence-electron chi connectivity index (χ0n) is 29.9. The zero-order chi connectivity index (χ0) is 35.0. The highest BCUT2D eigenvalue weighted by atomic mass is 16.7. The summed E-state index contributed by atoms with van der Waals surface area (Å²) in [5.74, 6) is 3.12. The summed E-state index contributed by atoms with van der Waals surface area (Å²) in [6, 6.07) is 35.5. The van der Waals surface area contributed by atoms with Crippen molar-refractivity contribution in [3.8, 4) is 40.0 Å². The second-order valence-electron chi connectivity index (χ2n) is 14.0.